The SMILES string of the molecule is CNc1ccc(CN2CC(C)OC(C)C2)cn1. The zero-order chi connectivity index (χ0) is 12.3. The van der Waals surface area contributed by atoms with Crippen molar-refractivity contribution in [2.24, 2.45) is 0 Å². The number of anilines is 1. The highest BCUT2D eigenvalue weighted by atomic mass is 16.5. The summed E-state index contributed by atoms with van der Waals surface area (Å²) in [6, 6.07) is 4.15. The molecule has 2 heterocycles. The minimum Gasteiger partial charge on any atom is -0.373 e. The molecule has 1 aliphatic rings. The Labute approximate surface area is 103 Å². The van der Waals surface area contributed by atoms with E-state index in [9.17, 15) is 0 Å². The van der Waals surface area contributed by atoms with E-state index in [4.69, 9.17) is 4.74 Å². The van der Waals surface area contributed by atoms with Gasteiger partial charge in [0.25, 0.3) is 0 Å². The Kier molecular flexibility index (Phi) is 3.97. The first-order chi connectivity index (χ1) is 8.17. The van der Waals surface area contributed by atoms with E-state index in [2.05, 4.69) is 35.1 Å². The van der Waals surface area contributed by atoms with E-state index in [0.29, 0.717) is 12.2 Å². The van der Waals surface area contributed by atoms with Crippen LogP contribution in [-0.4, -0.2) is 42.2 Å². The van der Waals surface area contributed by atoms with Crippen LogP contribution in [0.3, 0.4) is 0 Å². The molecule has 1 N–H and O–H groups in total. The van der Waals surface area contributed by atoms with Gasteiger partial charge in [-0.2, -0.15) is 0 Å². The third-order valence-corrected chi connectivity index (χ3v) is 2.98. The summed E-state index contributed by atoms with van der Waals surface area (Å²) in [5, 5.41) is 3.03. The van der Waals surface area contributed by atoms with Gasteiger partial charge in [0, 0.05) is 32.9 Å². The van der Waals surface area contributed by atoms with Crippen LogP contribution in [0.1, 0.15) is 19.4 Å². The molecule has 0 aromatic carbocycles. The molecule has 0 amide bonds. The summed E-state index contributed by atoms with van der Waals surface area (Å²) in [7, 11) is 1.88. The zero-order valence-electron chi connectivity index (χ0n) is 10.8. The largest absolute Gasteiger partial charge is 0.373 e. The van der Waals surface area contributed by atoms with E-state index < -0.39 is 0 Å². The molecule has 2 rings (SSSR count). The van der Waals surface area contributed by atoms with Gasteiger partial charge in [-0.1, -0.05) is 6.07 Å². The molecule has 0 saturated carbocycles. The van der Waals surface area contributed by atoms with Gasteiger partial charge in [-0.25, -0.2) is 4.98 Å². The van der Waals surface area contributed by atoms with E-state index >= 15 is 0 Å². The van der Waals surface area contributed by atoms with Crippen molar-refractivity contribution >= 4 is 5.82 Å². The molecule has 0 bridgehead atoms. The lowest BCUT2D eigenvalue weighted by Crippen LogP contribution is -2.44. The first-order valence-corrected chi connectivity index (χ1v) is 6.18. The second-order valence-electron chi connectivity index (χ2n) is 4.75. The first kappa shape index (κ1) is 12.3. The number of pyridine rings is 1. The van der Waals surface area contributed by atoms with E-state index in [0.717, 1.165) is 25.5 Å². The van der Waals surface area contributed by atoms with Gasteiger partial charge in [-0.3, -0.25) is 4.90 Å². The van der Waals surface area contributed by atoms with Crippen molar-refractivity contribution in [2.45, 2.75) is 32.6 Å². The molecule has 2 unspecified atom stereocenters. The van der Waals surface area contributed by atoms with Gasteiger partial charge in [-0.05, 0) is 25.5 Å². The maximum atomic E-state index is 5.72. The van der Waals surface area contributed by atoms with Crippen molar-refractivity contribution in [1.82, 2.24) is 9.88 Å². The van der Waals surface area contributed by atoms with E-state index in [-0.39, 0.29) is 0 Å². The number of nitrogens with one attached hydrogen (secondary N) is 1. The number of hydrogen-bond acceptors (Lipinski definition) is 4. The third-order valence-electron chi connectivity index (χ3n) is 2.98. The van der Waals surface area contributed by atoms with Gasteiger partial charge in [0.05, 0.1) is 12.2 Å². The molecule has 1 saturated heterocycles. The summed E-state index contributed by atoms with van der Waals surface area (Å²) >= 11 is 0. The maximum Gasteiger partial charge on any atom is 0.125 e. The normalized spacial score (nSPS) is 25.8. The Morgan fingerprint density at radius 2 is 2.06 bits per heavy atom. The number of rotatable bonds is 3. The van der Waals surface area contributed by atoms with Crippen LogP contribution in [-0.2, 0) is 11.3 Å². The summed E-state index contributed by atoms with van der Waals surface area (Å²) in [6.07, 6.45) is 2.59. The van der Waals surface area contributed by atoms with Crippen LogP contribution in [0.25, 0.3) is 0 Å². The van der Waals surface area contributed by atoms with Crippen LogP contribution in [0.2, 0.25) is 0 Å². The average Bonchev–Trinajstić information content (AvgIpc) is 2.28. The maximum absolute atomic E-state index is 5.72. The summed E-state index contributed by atoms with van der Waals surface area (Å²) in [5.74, 6) is 0.914. The first-order valence-electron chi connectivity index (χ1n) is 6.18. The van der Waals surface area contributed by atoms with Gasteiger partial charge in [0.15, 0.2) is 0 Å². The number of aromatic nitrogens is 1. The number of hydrogen-bond donors (Lipinski definition) is 1. The number of ether oxygens (including phenoxy) is 1. The summed E-state index contributed by atoms with van der Waals surface area (Å²) in [6.45, 7) is 7.21. The van der Waals surface area contributed by atoms with Gasteiger partial charge >= 0.3 is 0 Å². The highest BCUT2D eigenvalue weighted by molar-refractivity contribution is 5.34. The van der Waals surface area contributed by atoms with Crippen LogP contribution in [0.5, 0.6) is 0 Å². The van der Waals surface area contributed by atoms with Gasteiger partial charge in [0.2, 0.25) is 0 Å². The lowest BCUT2D eigenvalue weighted by atomic mass is 10.2. The number of nitrogens with zero attached hydrogens (tertiary/aromatic N) is 2. The van der Waals surface area contributed by atoms with Crippen LogP contribution < -0.4 is 5.32 Å². The molecular formula is C13H21N3O. The van der Waals surface area contributed by atoms with Crippen molar-refractivity contribution < 1.29 is 4.74 Å². The fourth-order valence-electron chi connectivity index (χ4n) is 2.34. The molecule has 0 spiro atoms. The minimum absolute atomic E-state index is 0.322. The third kappa shape index (κ3) is 3.41. The number of morpholine rings is 1. The van der Waals surface area contributed by atoms with Crippen molar-refractivity contribution in [1.29, 1.82) is 0 Å². The molecule has 1 aromatic rings. The predicted molar refractivity (Wildman–Crippen MR) is 69.1 cm³/mol. The predicted octanol–water partition coefficient (Wildman–Crippen LogP) is 1.73. The lowest BCUT2D eigenvalue weighted by molar-refractivity contribution is -0.0705. The van der Waals surface area contributed by atoms with Crippen molar-refractivity contribution in [2.75, 3.05) is 25.5 Å². The van der Waals surface area contributed by atoms with Gasteiger partial charge in [-0.15, -0.1) is 0 Å². The highest BCUT2D eigenvalue weighted by Crippen LogP contribution is 2.14. The Morgan fingerprint density at radius 1 is 1.35 bits per heavy atom. The smallest absolute Gasteiger partial charge is 0.125 e. The molecule has 17 heavy (non-hydrogen) atoms. The van der Waals surface area contributed by atoms with Crippen molar-refractivity contribution in [3.63, 3.8) is 0 Å². The van der Waals surface area contributed by atoms with Crippen LogP contribution in [0.4, 0.5) is 5.82 Å². The summed E-state index contributed by atoms with van der Waals surface area (Å²) < 4.78 is 5.72. The van der Waals surface area contributed by atoms with Gasteiger partial charge in [0.1, 0.15) is 5.82 Å². The molecule has 4 heteroatoms. The topological polar surface area (TPSA) is 37.4 Å². The molecule has 1 aliphatic heterocycles. The molecule has 2 atom stereocenters. The van der Waals surface area contributed by atoms with Crippen molar-refractivity contribution in [3.8, 4) is 0 Å². The Bertz CT molecular complexity index is 342. The molecule has 0 aliphatic carbocycles. The molecule has 4 nitrogen and oxygen atoms in total. The van der Waals surface area contributed by atoms with Gasteiger partial charge < -0.3 is 10.1 Å². The molecule has 0 radical (unpaired) electrons. The van der Waals surface area contributed by atoms with Crippen LogP contribution in [0, 0.1) is 0 Å². The molecular weight excluding hydrogens is 214 g/mol. The van der Waals surface area contributed by atoms with Crippen LogP contribution >= 0.6 is 0 Å². The second-order valence-corrected chi connectivity index (χ2v) is 4.75. The highest BCUT2D eigenvalue weighted by Gasteiger charge is 2.21. The van der Waals surface area contributed by atoms with E-state index in [1.54, 1.807) is 0 Å². The average molecular weight is 235 g/mol. The summed E-state index contributed by atoms with van der Waals surface area (Å²) in [4.78, 5) is 6.76. The standard InChI is InChI=1S/C13H21N3O/c1-10-7-16(8-11(2)17-10)9-12-4-5-13(14-3)15-6-12/h4-6,10-11H,7-9H2,1-3H3,(H,14,15). The monoisotopic (exact) mass is 235 g/mol. The fraction of sp³-hybridized carbons (Fsp3) is 0.615. The molecule has 1 aromatic heterocycles. The van der Waals surface area contributed by atoms with E-state index in [1.807, 2.05) is 19.3 Å². The summed E-state index contributed by atoms with van der Waals surface area (Å²) in [5.41, 5.74) is 1.25. The van der Waals surface area contributed by atoms with Crippen molar-refractivity contribution in [3.05, 3.63) is 23.9 Å². The quantitative estimate of drug-likeness (QED) is 0.866. The zero-order valence-corrected chi connectivity index (χ0v) is 10.8. The minimum atomic E-state index is 0.322. The second kappa shape index (κ2) is 5.47. The Balaban J connectivity index is 1.95. The molecule has 94 valence electrons. The Hall–Kier alpha value is -1.13. The van der Waals surface area contributed by atoms with E-state index in [1.165, 1.54) is 5.56 Å². The fourth-order valence-corrected chi connectivity index (χ4v) is 2.34. The van der Waals surface area contributed by atoms with Crippen LogP contribution in [0.15, 0.2) is 18.3 Å². The molecule has 1 fully saturated rings. The Morgan fingerprint density at radius 3 is 2.59 bits per heavy atom. The lowest BCUT2D eigenvalue weighted by Gasteiger charge is -2.35.